The van der Waals surface area contributed by atoms with E-state index in [0.717, 1.165) is 44.3 Å². The number of carboxylic acid groups (broad SMARTS) is 1. The maximum atomic E-state index is 11.4. The Hall–Kier alpha value is -1.39. The summed E-state index contributed by atoms with van der Waals surface area (Å²) >= 11 is 0. The fraction of sp³-hybridized carbons (Fsp3) is 0.786. The molecule has 19 heavy (non-hydrogen) atoms. The quantitative estimate of drug-likeness (QED) is 0.850. The highest BCUT2D eigenvalue weighted by Crippen LogP contribution is 2.31. The molecule has 0 spiro atoms. The normalized spacial score (nSPS) is 24.4. The van der Waals surface area contributed by atoms with E-state index >= 15 is 0 Å². The van der Waals surface area contributed by atoms with Crippen LogP contribution in [0.5, 0.6) is 0 Å². The molecule has 0 aromatic carbocycles. The molecule has 1 saturated carbocycles. The summed E-state index contributed by atoms with van der Waals surface area (Å²) in [5.74, 6) is 0.247. The van der Waals surface area contributed by atoms with E-state index in [1.807, 2.05) is 4.68 Å². The minimum Gasteiger partial charge on any atom is -0.481 e. The number of hydrogen-bond donors (Lipinski definition) is 1. The molecule has 0 radical (unpaired) electrons. The van der Waals surface area contributed by atoms with Crippen molar-refractivity contribution in [3.8, 4) is 0 Å². The average Bonchev–Trinajstić information content (AvgIpc) is 2.67. The lowest BCUT2D eigenvalue weighted by Gasteiger charge is -2.21. The second kappa shape index (κ2) is 6.17. The van der Waals surface area contributed by atoms with Crippen molar-refractivity contribution in [2.45, 2.75) is 58.4 Å². The fourth-order valence-electron chi connectivity index (χ4n) is 3.04. The highest BCUT2D eigenvalue weighted by molar-refractivity contribution is 5.70. The minimum atomic E-state index is -0.650. The molecule has 0 amide bonds. The lowest BCUT2D eigenvalue weighted by Crippen LogP contribution is -2.25. The van der Waals surface area contributed by atoms with E-state index in [1.54, 1.807) is 6.33 Å². The molecule has 0 aliphatic heterocycles. The Morgan fingerprint density at radius 1 is 1.42 bits per heavy atom. The molecular formula is C14H23N3O2. The molecule has 106 valence electrons. The van der Waals surface area contributed by atoms with E-state index in [4.69, 9.17) is 0 Å². The van der Waals surface area contributed by atoms with E-state index in [1.165, 1.54) is 0 Å². The topological polar surface area (TPSA) is 68.0 Å². The summed E-state index contributed by atoms with van der Waals surface area (Å²) in [6.07, 6.45) is 7.40. The first-order chi connectivity index (χ1) is 9.09. The molecule has 1 aliphatic carbocycles. The molecule has 0 saturated heterocycles. The molecule has 5 heteroatoms. The summed E-state index contributed by atoms with van der Waals surface area (Å²) in [6, 6.07) is 0.270. The van der Waals surface area contributed by atoms with Crippen LogP contribution >= 0.6 is 0 Å². The largest absolute Gasteiger partial charge is 0.481 e. The molecule has 1 aromatic heterocycles. The molecule has 2 unspecified atom stereocenters. The maximum Gasteiger partial charge on any atom is 0.306 e. The third-order valence-electron chi connectivity index (χ3n) is 4.06. The van der Waals surface area contributed by atoms with Crippen LogP contribution in [0.15, 0.2) is 6.33 Å². The van der Waals surface area contributed by atoms with Gasteiger partial charge in [0.2, 0.25) is 0 Å². The van der Waals surface area contributed by atoms with Crippen LogP contribution in [0.1, 0.15) is 57.8 Å². The first kappa shape index (κ1) is 14.0. The van der Waals surface area contributed by atoms with Crippen LogP contribution in [-0.2, 0) is 11.2 Å². The Balaban J connectivity index is 2.14. The number of carbonyl (C=O) groups is 1. The first-order valence-corrected chi connectivity index (χ1v) is 7.20. The Morgan fingerprint density at radius 2 is 2.16 bits per heavy atom. The van der Waals surface area contributed by atoms with Crippen molar-refractivity contribution in [3.05, 3.63) is 12.2 Å². The van der Waals surface area contributed by atoms with Gasteiger partial charge in [-0.15, -0.1) is 0 Å². The van der Waals surface area contributed by atoms with Crippen molar-refractivity contribution in [2.75, 3.05) is 0 Å². The van der Waals surface area contributed by atoms with Crippen LogP contribution in [0.2, 0.25) is 0 Å². The number of aromatic nitrogens is 3. The Morgan fingerprint density at radius 3 is 2.84 bits per heavy atom. The number of carboxylic acids is 1. The van der Waals surface area contributed by atoms with Crippen molar-refractivity contribution in [3.63, 3.8) is 0 Å². The van der Waals surface area contributed by atoms with Crippen molar-refractivity contribution < 1.29 is 9.90 Å². The lowest BCUT2D eigenvalue weighted by atomic mass is 9.85. The van der Waals surface area contributed by atoms with E-state index in [-0.39, 0.29) is 17.9 Å². The molecule has 2 atom stereocenters. The molecule has 2 rings (SSSR count). The van der Waals surface area contributed by atoms with E-state index in [0.29, 0.717) is 0 Å². The van der Waals surface area contributed by atoms with Crippen LogP contribution in [0.4, 0.5) is 0 Å². The van der Waals surface area contributed by atoms with Gasteiger partial charge >= 0.3 is 5.97 Å². The van der Waals surface area contributed by atoms with Gasteiger partial charge in [-0.3, -0.25) is 4.79 Å². The maximum absolute atomic E-state index is 11.4. The standard InChI is InChI=1S/C14H23N3O2/c1-10(2)17-13(15-9-16-17)8-11-6-4-3-5-7-12(11)14(18)19/h9-12H,3-8H2,1-2H3,(H,18,19). The van der Waals surface area contributed by atoms with E-state index in [2.05, 4.69) is 23.9 Å². The average molecular weight is 265 g/mol. The van der Waals surface area contributed by atoms with Crippen LogP contribution in [0.25, 0.3) is 0 Å². The molecule has 1 fully saturated rings. The van der Waals surface area contributed by atoms with Crippen molar-refractivity contribution >= 4 is 5.97 Å². The summed E-state index contributed by atoms with van der Waals surface area (Å²) in [4.78, 5) is 15.7. The highest BCUT2D eigenvalue weighted by atomic mass is 16.4. The van der Waals surface area contributed by atoms with Crippen molar-refractivity contribution in [2.24, 2.45) is 11.8 Å². The van der Waals surface area contributed by atoms with Crippen molar-refractivity contribution in [1.29, 1.82) is 0 Å². The summed E-state index contributed by atoms with van der Waals surface area (Å²) in [7, 11) is 0. The second-order valence-electron chi connectivity index (χ2n) is 5.76. The molecule has 1 aromatic rings. The predicted octanol–water partition coefficient (Wildman–Crippen LogP) is 2.68. The second-order valence-corrected chi connectivity index (χ2v) is 5.76. The summed E-state index contributed by atoms with van der Waals surface area (Å²) in [5.41, 5.74) is 0. The molecule has 5 nitrogen and oxygen atoms in total. The monoisotopic (exact) mass is 265 g/mol. The van der Waals surface area contributed by atoms with Gasteiger partial charge in [0, 0.05) is 12.5 Å². The van der Waals surface area contributed by atoms with Gasteiger partial charge in [-0.1, -0.05) is 19.3 Å². The van der Waals surface area contributed by atoms with Crippen LogP contribution in [0, 0.1) is 11.8 Å². The Labute approximate surface area is 114 Å². The summed E-state index contributed by atoms with van der Waals surface area (Å²) in [5, 5.41) is 13.6. The number of rotatable bonds is 4. The number of aliphatic carboxylic acids is 1. The van der Waals surface area contributed by atoms with Crippen LogP contribution in [0.3, 0.4) is 0 Å². The van der Waals surface area contributed by atoms with Gasteiger partial charge in [0.25, 0.3) is 0 Å². The highest BCUT2D eigenvalue weighted by Gasteiger charge is 2.30. The Kier molecular flexibility index (Phi) is 4.56. The summed E-state index contributed by atoms with van der Waals surface area (Å²) in [6.45, 7) is 4.14. The van der Waals surface area contributed by atoms with Gasteiger partial charge in [-0.2, -0.15) is 5.10 Å². The smallest absolute Gasteiger partial charge is 0.306 e. The van der Waals surface area contributed by atoms with Crippen LogP contribution in [-0.4, -0.2) is 25.8 Å². The fourth-order valence-corrected chi connectivity index (χ4v) is 3.04. The zero-order valence-corrected chi connectivity index (χ0v) is 11.7. The van der Waals surface area contributed by atoms with E-state index in [9.17, 15) is 9.90 Å². The van der Waals surface area contributed by atoms with Crippen molar-refractivity contribution in [1.82, 2.24) is 14.8 Å². The predicted molar refractivity (Wildman–Crippen MR) is 71.8 cm³/mol. The third-order valence-corrected chi connectivity index (χ3v) is 4.06. The number of nitrogens with zero attached hydrogens (tertiary/aromatic N) is 3. The van der Waals surface area contributed by atoms with Gasteiger partial charge in [-0.25, -0.2) is 9.67 Å². The van der Waals surface area contributed by atoms with Gasteiger partial charge in [0.05, 0.1) is 5.92 Å². The van der Waals surface area contributed by atoms with Gasteiger partial charge < -0.3 is 5.11 Å². The zero-order valence-electron chi connectivity index (χ0n) is 11.7. The molecule has 1 heterocycles. The lowest BCUT2D eigenvalue weighted by molar-refractivity contribution is -0.143. The zero-order chi connectivity index (χ0) is 13.8. The first-order valence-electron chi connectivity index (χ1n) is 7.20. The molecule has 1 aliphatic rings. The van der Waals surface area contributed by atoms with Gasteiger partial charge in [0.15, 0.2) is 0 Å². The molecule has 0 bridgehead atoms. The molecule has 1 N–H and O–H groups in total. The van der Waals surface area contributed by atoms with Gasteiger partial charge in [0.1, 0.15) is 12.2 Å². The van der Waals surface area contributed by atoms with Crippen LogP contribution < -0.4 is 0 Å². The molecular weight excluding hydrogens is 242 g/mol. The summed E-state index contributed by atoms with van der Waals surface area (Å²) < 4.78 is 1.91. The minimum absolute atomic E-state index is 0.196. The Bertz CT molecular complexity index is 428. The number of hydrogen-bond acceptors (Lipinski definition) is 3. The third kappa shape index (κ3) is 3.33. The van der Waals surface area contributed by atoms with E-state index < -0.39 is 5.97 Å². The van der Waals surface area contributed by atoms with Gasteiger partial charge in [-0.05, 0) is 32.6 Å². The SMILES string of the molecule is CC(C)n1ncnc1CC1CCCCCC1C(=O)O.